The third kappa shape index (κ3) is 5.55. The molecule has 144 valence electrons. The number of nitrogens with two attached hydrogens (primary N) is 1. The van der Waals surface area contributed by atoms with Crippen molar-refractivity contribution in [2.24, 2.45) is 11.7 Å². The summed E-state index contributed by atoms with van der Waals surface area (Å²) in [5.74, 6) is 0.00227. The average molecular weight is 388 g/mol. The van der Waals surface area contributed by atoms with Crippen molar-refractivity contribution in [3.05, 3.63) is 65.2 Å². The number of nitrogens with one attached hydrogen (secondary N) is 2. The molecule has 0 bridgehead atoms. The Morgan fingerprint density at radius 2 is 1.85 bits per heavy atom. The molecule has 0 aromatic heterocycles. The van der Waals surface area contributed by atoms with Crippen LogP contribution >= 0.6 is 12.4 Å². The van der Waals surface area contributed by atoms with Crippen LogP contribution in [0.2, 0.25) is 0 Å². The van der Waals surface area contributed by atoms with Crippen LogP contribution in [0.4, 0.5) is 5.69 Å². The minimum Gasteiger partial charge on any atom is -0.350 e. The molecule has 4 N–H and O–H groups in total. The number of anilines is 1. The fourth-order valence-electron chi connectivity index (χ4n) is 2.90. The Hall–Kier alpha value is -2.37. The van der Waals surface area contributed by atoms with Crippen LogP contribution in [0.5, 0.6) is 0 Å². The summed E-state index contributed by atoms with van der Waals surface area (Å²) in [6, 6.07) is 14.5. The quantitative estimate of drug-likeness (QED) is 0.709. The fraction of sp³-hybridized carbons (Fsp3) is 0.333. The highest BCUT2D eigenvalue weighted by Crippen LogP contribution is 2.27. The summed E-state index contributed by atoms with van der Waals surface area (Å²) >= 11 is 0. The standard InChI is InChI=1S/C21H25N3O2.ClH/c1-14-8-10-16(11-9-14)19(22)21(26)23-13-15-4-2-7-18(12-15)24-20(25)17-5-3-6-17;/h2,4,7-12,17,19H,3,5-6,13,22H2,1H3,(H,23,26)(H,24,25);1H. The summed E-state index contributed by atoms with van der Waals surface area (Å²) < 4.78 is 0. The molecule has 0 spiro atoms. The Balaban J connectivity index is 0.00000261. The summed E-state index contributed by atoms with van der Waals surface area (Å²) in [5, 5.41) is 5.81. The van der Waals surface area contributed by atoms with Gasteiger partial charge >= 0.3 is 0 Å². The van der Waals surface area contributed by atoms with E-state index in [1.807, 2.05) is 55.5 Å². The van der Waals surface area contributed by atoms with E-state index < -0.39 is 6.04 Å². The summed E-state index contributed by atoms with van der Waals surface area (Å²) in [6.07, 6.45) is 3.07. The minimum absolute atomic E-state index is 0. The molecule has 1 aliphatic rings. The summed E-state index contributed by atoms with van der Waals surface area (Å²) in [4.78, 5) is 24.3. The van der Waals surface area contributed by atoms with E-state index in [1.54, 1.807) is 0 Å². The van der Waals surface area contributed by atoms with Gasteiger partial charge in [0.15, 0.2) is 0 Å². The third-order valence-corrected chi connectivity index (χ3v) is 4.86. The summed E-state index contributed by atoms with van der Waals surface area (Å²) in [5.41, 5.74) is 9.63. The molecule has 27 heavy (non-hydrogen) atoms. The Kier molecular flexibility index (Phi) is 7.39. The van der Waals surface area contributed by atoms with Crippen molar-refractivity contribution in [2.45, 2.75) is 38.8 Å². The van der Waals surface area contributed by atoms with E-state index in [1.165, 1.54) is 0 Å². The molecule has 0 aliphatic heterocycles. The van der Waals surface area contributed by atoms with E-state index in [-0.39, 0.29) is 30.1 Å². The summed E-state index contributed by atoms with van der Waals surface area (Å²) in [6.45, 7) is 2.36. The lowest BCUT2D eigenvalue weighted by atomic mass is 9.85. The van der Waals surface area contributed by atoms with E-state index in [0.717, 1.165) is 41.6 Å². The highest BCUT2D eigenvalue weighted by molar-refractivity contribution is 5.93. The first kappa shape index (κ1) is 20.9. The number of hydrogen-bond acceptors (Lipinski definition) is 3. The molecule has 6 heteroatoms. The molecule has 1 aliphatic carbocycles. The zero-order valence-electron chi connectivity index (χ0n) is 15.4. The number of rotatable bonds is 6. The number of hydrogen-bond donors (Lipinski definition) is 3. The normalized spacial score (nSPS) is 14.4. The van der Waals surface area contributed by atoms with E-state index in [2.05, 4.69) is 10.6 Å². The number of carbonyl (C=O) groups excluding carboxylic acids is 2. The molecule has 3 rings (SSSR count). The molecule has 2 aromatic rings. The maximum absolute atomic E-state index is 12.3. The number of halogens is 1. The lowest BCUT2D eigenvalue weighted by Gasteiger charge is -2.24. The molecule has 2 amide bonds. The topological polar surface area (TPSA) is 84.2 Å². The minimum atomic E-state index is -0.697. The van der Waals surface area contributed by atoms with Gasteiger partial charge in [0, 0.05) is 18.2 Å². The van der Waals surface area contributed by atoms with Crippen molar-refractivity contribution in [3.8, 4) is 0 Å². The van der Waals surface area contributed by atoms with Crippen LogP contribution in [0.3, 0.4) is 0 Å². The van der Waals surface area contributed by atoms with Gasteiger partial charge in [-0.25, -0.2) is 0 Å². The van der Waals surface area contributed by atoms with Gasteiger partial charge in [-0.05, 0) is 43.0 Å². The first-order valence-corrected chi connectivity index (χ1v) is 9.02. The predicted octanol–water partition coefficient (Wildman–Crippen LogP) is 3.47. The number of benzene rings is 2. The summed E-state index contributed by atoms with van der Waals surface area (Å²) in [7, 11) is 0. The van der Waals surface area contributed by atoms with Crippen molar-refractivity contribution in [1.29, 1.82) is 0 Å². The molecule has 1 saturated carbocycles. The monoisotopic (exact) mass is 387 g/mol. The second kappa shape index (κ2) is 9.53. The van der Waals surface area contributed by atoms with Crippen LogP contribution in [-0.4, -0.2) is 11.8 Å². The van der Waals surface area contributed by atoms with E-state index in [9.17, 15) is 9.59 Å². The maximum Gasteiger partial charge on any atom is 0.241 e. The molecule has 1 atom stereocenters. The smallest absolute Gasteiger partial charge is 0.241 e. The zero-order chi connectivity index (χ0) is 18.5. The van der Waals surface area contributed by atoms with Gasteiger partial charge in [-0.2, -0.15) is 0 Å². The largest absolute Gasteiger partial charge is 0.350 e. The van der Waals surface area contributed by atoms with E-state index in [0.29, 0.717) is 6.54 Å². The van der Waals surface area contributed by atoms with Crippen molar-refractivity contribution in [1.82, 2.24) is 5.32 Å². The van der Waals surface area contributed by atoms with Gasteiger partial charge in [0.1, 0.15) is 6.04 Å². The van der Waals surface area contributed by atoms with Crippen molar-refractivity contribution in [3.63, 3.8) is 0 Å². The van der Waals surface area contributed by atoms with E-state index >= 15 is 0 Å². The van der Waals surface area contributed by atoms with Crippen molar-refractivity contribution in [2.75, 3.05) is 5.32 Å². The fourth-order valence-corrected chi connectivity index (χ4v) is 2.90. The maximum atomic E-state index is 12.3. The predicted molar refractivity (Wildman–Crippen MR) is 110 cm³/mol. The lowest BCUT2D eigenvalue weighted by Crippen LogP contribution is -2.33. The van der Waals surface area contributed by atoms with Crippen LogP contribution in [-0.2, 0) is 16.1 Å². The molecule has 1 fully saturated rings. The zero-order valence-corrected chi connectivity index (χ0v) is 16.2. The van der Waals surface area contributed by atoms with Crippen LogP contribution in [0.25, 0.3) is 0 Å². The Bertz CT molecular complexity index is 788. The van der Waals surface area contributed by atoms with Crippen LogP contribution in [0.15, 0.2) is 48.5 Å². The van der Waals surface area contributed by atoms with Gasteiger partial charge < -0.3 is 16.4 Å². The van der Waals surface area contributed by atoms with Gasteiger partial charge in [0.25, 0.3) is 0 Å². The first-order valence-electron chi connectivity index (χ1n) is 9.02. The van der Waals surface area contributed by atoms with Gasteiger partial charge in [-0.3, -0.25) is 9.59 Å². The molecule has 1 unspecified atom stereocenters. The van der Waals surface area contributed by atoms with Crippen LogP contribution in [0, 0.1) is 12.8 Å². The molecular formula is C21H26ClN3O2. The number of amides is 2. The van der Waals surface area contributed by atoms with Crippen LogP contribution in [0.1, 0.15) is 42.0 Å². The molecule has 0 heterocycles. The van der Waals surface area contributed by atoms with Crippen molar-refractivity contribution < 1.29 is 9.59 Å². The Morgan fingerprint density at radius 1 is 1.15 bits per heavy atom. The van der Waals surface area contributed by atoms with Gasteiger partial charge in [0.2, 0.25) is 11.8 Å². The van der Waals surface area contributed by atoms with E-state index in [4.69, 9.17) is 5.73 Å². The second-order valence-electron chi connectivity index (χ2n) is 6.92. The molecular weight excluding hydrogens is 362 g/mol. The Morgan fingerprint density at radius 3 is 2.48 bits per heavy atom. The highest BCUT2D eigenvalue weighted by Gasteiger charge is 2.25. The second-order valence-corrected chi connectivity index (χ2v) is 6.92. The average Bonchev–Trinajstić information content (AvgIpc) is 2.58. The molecule has 0 saturated heterocycles. The van der Waals surface area contributed by atoms with Gasteiger partial charge in [0.05, 0.1) is 0 Å². The number of aryl methyl sites for hydroxylation is 1. The van der Waals surface area contributed by atoms with Crippen molar-refractivity contribution >= 4 is 29.9 Å². The number of carbonyl (C=O) groups is 2. The lowest BCUT2D eigenvalue weighted by molar-refractivity contribution is -0.123. The first-order chi connectivity index (χ1) is 12.5. The highest BCUT2D eigenvalue weighted by atomic mass is 35.5. The molecule has 5 nitrogen and oxygen atoms in total. The SMILES string of the molecule is Cc1ccc(C(N)C(=O)NCc2cccc(NC(=O)C3CCC3)c2)cc1.Cl. The van der Waals surface area contributed by atoms with Gasteiger partial charge in [-0.1, -0.05) is 48.4 Å². The third-order valence-electron chi connectivity index (χ3n) is 4.86. The Labute approximate surface area is 166 Å². The van der Waals surface area contributed by atoms with Gasteiger partial charge in [-0.15, -0.1) is 12.4 Å². The van der Waals surface area contributed by atoms with Crippen LogP contribution < -0.4 is 16.4 Å². The molecule has 0 radical (unpaired) electrons. The molecule has 2 aromatic carbocycles.